The predicted molar refractivity (Wildman–Crippen MR) is 66.4 cm³/mol. The van der Waals surface area contributed by atoms with E-state index in [9.17, 15) is 0 Å². The Morgan fingerprint density at radius 3 is 2.76 bits per heavy atom. The number of nitrogens with zero attached hydrogens (tertiary/aromatic N) is 4. The SMILES string of the molecule is C1=NC(c2cnn(Cc3ccccc3)c2)=C[N]1. The molecule has 3 rings (SSSR count). The van der Waals surface area contributed by atoms with Crippen molar-refractivity contribution in [3.8, 4) is 0 Å². The van der Waals surface area contributed by atoms with E-state index in [4.69, 9.17) is 0 Å². The minimum absolute atomic E-state index is 0.773. The molecule has 0 fully saturated rings. The molecule has 0 saturated heterocycles. The van der Waals surface area contributed by atoms with Gasteiger partial charge in [0, 0.05) is 11.8 Å². The zero-order valence-electron chi connectivity index (χ0n) is 9.19. The van der Waals surface area contributed by atoms with Crippen molar-refractivity contribution in [1.82, 2.24) is 15.1 Å². The second-order valence-corrected chi connectivity index (χ2v) is 3.82. The van der Waals surface area contributed by atoms with Crippen LogP contribution in [0.5, 0.6) is 0 Å². The molecule has 0 aliphatic carbocycles. The second-order valence-electron chi connectivity index (χ2n) is 3.82. The van der Waals surface area contributed by atoms with Crippen LogP contribution in [0.3, 0.4) is 0 Å². The number of hydrogen-bond acceptors (Lipinski definition) is 2. The maximum absolute atomic E-state index is 4.32. The van der Waals surface area contributed by atoms with Crippen LogP contribution < -0.4 is 5.32 Å². The highest BCUT2D eigenvalue weighted by Gasteiger charge is 2.06. The molecule has 0 unspecified atom stereocenters. The van der Waals surface area contributed by atoms with Gasteiger partial charge in [-0.05, 0) is 5.56 Å². The third-order valence-electron chi connectivity index (χ3n) is 2.58. The lowest BCUT2D eigenvalue weighted by Crippen LogP contribution is -1.99. The molecule has 0 amide bonds. The number of hydrogen-bond donors (Lipinski definition) is 0. The fourth-order valence-corrected chi connectivity index (χ4v) is 1.73. The van der Waals surface area contributed by atoms with Crippen molar-refractivity contribution < 1.29 is 0 Å². The minimum Gasteiger partial charge on any atom is -0.268 e. The molecule has 2 aromatic rings. The van der Waals surface area contributed by atoms with E-state index in [1.54, 1.807) is 12.5 Å². The number of aromatic nitrogens is 2. The van der Waals surface area contributed by atoms with Crippen LogP contribution in [-0.2, 0) is 6.54 Å². The summed E-state index contributed by atoms with van der Waals surface area (Å²) in [7, 11) is 0. The summed E-state index contributed by atoms with van der Waals surface area (Å²) in [6.07, 6.45) is 7.08. The molecule has 4 nitrogen and oxygen atoms in total. The Balaban J connectivity index is 1.79. The van der Waals surface area contributed by atoms with E-state index in [1.807, 2.05) is 35.3 Å². The molecule has 2 heterocycles. The highest BCUT2D eigenvalue weighted by Crippen LogP contribution is 2.16. The minimum atomic E-state index is 0.773. The zero-order valence-corrected chi connectivity index (χ0v) is 9.19. The molecule has 1 radical (unpaired) electrons. The summed E-state index contributed by atoms with van der Waals surface area (Å²) in [6.45, 7) is 0.773. The third-order valence-corrected chi connectivity index (χ3v) is 2.58. The van der Waals surface area contributed by atoms with E-state index in [0.717, 1.165) is 17.8 Å². The Morgan fingerprint density at radius 2 is 2.00 bits per heavy atom. The van der Waals surface area contributed by atoms with Crippen LogP contribution >= 0.6 is 0 Å². The van der Waals surface area contributed by atoms with E-state index in [0.29, 0.717) is 0 Å². The number of benzene rings is 1. The van der Waals surface area contributed by atoms with Gasteiger partial charge in [0.15, 0.2) is 0 Å². The van der Waals surface area contributed by atoms with Crippen LogP contribution in [-0.4, -0.2) is 16.1 Å². The van der Waals surface area contributed by atoms with Gasteiger partial charge in [0.2, 0.25) is 0 Å². The molecule has 0 atom stereocenters. The molecule has 0 saturated carbocycles. The largest absolute Gasteiger partial charge is 0.268 e. The van der Waals surface area contributed by atoms with Crippen LogP contribution in [0.1, 0.15) is 11.1 Å². The highest BCUT2D eigenvalue weighted by molar-refractivity contribution is 5.78. The molecular weight excluding hydrogens is 212 g/mol. The smallest absolute Gasteiger partial charge is 0.116 e. The predicted octanol–water partition coefficient (Wildman–Crippen LogP) is 1.88. The maximum atomic E-state index is 4.32. The molecule has 1 aliphatic heterocycles. The van der Waals surface area contributed by atoms with Crippen LogP contribution in [0.25, 0.3) is 5.70 Å². The summed E-state index contributed by atoms with van der Waals surface area (Å²) >= 11 is 0. The lowest BCUT2D eigenvalue weighted by Gasteiger charge is -2.00. The first kappa shape index (κ1) is 9.84. The highest BCUT2D eigenvalue weighted by atomic mass is 15.3. The first-order chi connectivity index (χ1) is 8.42. The van der Waals surface area contributed by atoms with E-state index in [2.05, 4.69) is 27.5 Å². The van der Waals surface area contributed by atoms with Crippen molar-refractivity contribution >= 4 is 12.0 Å². The van der Waals surface area contributed by atoms with Crippen molar-refractivity contribution in [1.29, 1.82) is 0 Å². The summed E-state index contributed by atoms with van der Waals surface area (Å²) in [6, 6.07) is 10.2. The molecule has 83 valence electrons. The quantitative estimate of drug-likeness (QED) is 0.783. The Morgan fingerprint density at radius 1 is 1.12 bits per heavy atom. The fraction of sp³-hybridized carbons (Fsp3) is 0.0769. The monoisotopic (exact) mass is 223 g/mol. The average molecular weight is 223 g/mol. The summed E-state index contributed by atoms with van der Waals surface area (Å²) in [5.41, 5.74) is 3.10. The second kappa shape index (κ2) is 4.25. The van der Waals surface area contributed by atoms with Gasteiger partial charge >= 0.3 is 0 Å². The molecule has 4 heteroatoms. The van der Waals surface area contributed by atoms with E-state index < -0.39 is 0 Å². The molecule has 0 N–H and O–H groups in total. The molecular formula is C13H11N4. The van der Waals surface area contributed by atoms with Gasteiger partial charge < -0.3 is 0 Å². The van der Waals surface area contributed by atoms with Crippen molar-refractivity contribution in [3.05, 3.63) is 60.1 Å². The van der Waals surface area contributed by atoms with E-state index in [-0.39, 0.29) is 0 Å². The lowest BCUT2D eigenvalue weighted by atomic mass is 10.2. The summed E-state index contributed by atoms with van der Waals surface area (Å²) in [5, 5.41) is 8.26. The Labute approximate surface area is 99.3 Å². The zero-order chi connectivity index (χ0) is 11.5. The fourth-order valence-electron chi connectivity index (χ4n) is 1.73. The van der Waals surface area contributed by atoms with Gasteiger partial charge in [0.25, 0.3) is 0 Å². The normalized spacial score (nSPS) is 13.5. The van der Waals surface area contributed by atoms with Gasteiger partial charge in [-0.15, -0.1) is 0 Å². The Bertz CT molecular complexity index is 566. The molecule has 1 aromatic carbocycles. The molecule has 0 bridgehead atoms. The van der Waals surface area contributed by atoms with Gasteiger partial charge in [-0.1, -0.05) is 30.3 Å². The summed E-state index contributed by atoms with van der Waals surface area (Å²) < 4.78 is 1.90. The standard InChI is InChI=1S/C13H11N4/c1-2-4-11(5-3-1)8-17-9-12(6-16-17)13-7-14-10-15-13/h1-7,9-10H,8H2. The average Bonchev–Trinajstić information content (AvgIpc) is 3.00. The van der Waals surface area contributed by atoms with Crippen molar-refractivity contribution in [2.75, 3.05) is 0 Å². The maximum Gasteiger partial charge on any atom is 0.116 e. The van der Waals surface area contributed by atoms with Crippen LogP contribution in [0.2, 0.25) is 0 Å². The van der Waals surface area contributed by atoms with Crippen LogP contribution in [0, 0.1) is 0 Å². The summed E-state index contributed by atoms with van der Waals surface area (Å²) in [4.78, 5) is 4.14. The van der Waals surface area contributed by atoms with E-state index in [1.165, 1.54) is 5.56 Å². The Hall–Kier alpha value is -2.36. The topological polar surface area (TPSA) is 44.3 Å². The van der Waals surface area contributed by atoms with Gasteiger partial charge in [-0.25, -0.2) is 10.3 Å². The van der Waals surface area contributed by atoms with Crippen molar-refractivity contribution in [2.45, 2.75) is 6.54 Å². The molecule has 0 spiro atoms. The van der Waals surface area contributed by atoms with Crippen molar-refractivity contribution in [2.24, 2.45) is 4.99 Å². The van der Waals surface area contributed by atoms with Gasteiger partial charge in [0.05, 0.1) is 24.6 Å². The number of rotatable bonds is 3. The van der Waals surface area contributed by atoms with Crippen molar-refractivity contribution in [3.63, 3.8) is 0 Å². The van der Waals surface area contributed by atoms with Crippen LogP contribution in [0.4, 0.5) is 0 Å². The first-order valence-corrected chi connectivity index (χ1v) is 5.41. The molecule has 1 aliphatic rings. The molecule has 17 heavy (non-hydrogen) atoms. The first-order valence-electron chi connectivity index (χ1n) is 5.41. The van der Waals surface area contributed by atoms with Crippen LogP contribution in [0.15, 0.2) is 53.9 Å². The lowest BCUT2D eigenvalue weighted by molar-refractivity contribution is 0.687. The van der Waals surface area contributed by atoms with Gasteiger partial charge in [0.1, 0.15) is 6.34 Å². The van der Waals surface area contributed by atoms with E-state index >= 15 is 0 Å². The summed E-state index contributed by atoms with van der Waals surface area (Å²) in [5.74, 6) is 0. The Kier molecular flexibility index (Phi) is 2.46. The third kappa shape index (κ3) is 2.10. The van der Waals surface area contributed by atoms with Gasteiger partial charge in [-0.2, -0.15) is 5.10 Å². The number of aliphatic imine (C=N–C) groups is 1. The molecule has 1 aromatic heterocycles. The van der Waals surface area contributed by atoms with Gasteiger partial charge in [-0.3, -0.25) is 4.68 Å².